The highest BCUT2D eigenvalue weighted by molar-refractivity contribution is 5.76. The lowest BCUT2D eigenvalue weighted by molar-refractivity contribution is -0.139. The Labute approximate surface area is 68.7 Å². The molecular formula is C7H9NO4. The normalized spacial score (nSPS) is 21.3. The number of rotatable bonds is 3. The largest absolute Gasteiger partial charge is 0.481 e. The second-order valence-electron chi connectivity index (χ2n) is 2.57. The van der Waals surface area contributed by atoms with E-state index in [0.29, 0.717) is 12.1 Å². The first-order valence-corrected chi connectivity index (χ1v) is 3.50. The summed E-state index contributed by atoms with van der Waals surface area (Å²) in [6.07, 6.45) is 1.83. The molecule has 1 aliphatic heterocycles. The predicted molar refractivity (Wildman–Crippen MR) is 39.5 cm³/mol. The van der Waals surface area contributed by atoms with Gasteiger partial charge in [-0.1, -0.05) is 6.08 Å². The van der Waals surface area contributed by atoms with Crippen molar-refractivity contribution in [1.29, 1.82) is 0 Å². The van der Waals surface area contributed by atoms with Crippen molar-refractivity contribution in [3.63, 3.8) is 0 Å². The molecule has 0 spiro atoms. The van der Waals surface area contributed by atoms with E-state index in [1.807, 2.05) is 0 Å². The molecule has 1 rings (SSSR count). The molecule has 1 heterocycles. The van der Waals surface area contributed by atoms with Crippen molar-refractivity contribution >= 4 is 11.9 Å². The molecule has 0 aromatic carbocycles. The molecule has 0 saturated heterocycles. The van der Waals surface area contributed by atoms with E-state index in [9.17, 15) is 9.59 Å². The zero-order chi connectivity index (χ0) is 9.14. The SMILES string of the molecule is O=C(O)CC1=CCC(C(=O)O)N1. The van der Waals surface area contributed by atoms with E-state index in [-0.39, 0.29) is 6.42 Å². The molecule has 66 valence electrons. The third-order valence-corrected chi connectivity index (χ3v) is 1.60. The molecule has 1 unspecified atom stereocenters. The molecule has 5 heteroatoms. The molecule has 0 bridgehead atoms. The number of carboxylic acid groups (broad SMARTS) is 2. The summed E-state index contributed by atoms with van der Waals surface area (Å²) in [4.78, 5) is 20.6. The number of nitrogens with one attached hydrogen (secondary N) is 1. The lowest BCUT2D eigenvalue weighted by Crippen LogP contribution is -2.31. The second kappa shape index (κ2) is 3.25. The quantitative estimate of drug-likeness (QED) is 0.547. The van der Waals surface area contributed by atoms with Crippen LogP contribution in [0.25, 0.3) is 0 Å². The molecule has 1 atom stereocenters. The molecule has 0 aromatic heterocycles. The Morgan fingerprint density at radius 3 is 2.67 bits per heavy atom. The summed E-state index contributed by atoms with van der Waals surface area (Å²) in [6, 6.07) is -0.653. The van der Waals surface area contributed by atoms with Crippen molar-refractivity contribution in [2.75, 3.05) is 0 Å². The molecule has 0 saturated carbocycles. The minimum Gasteiger partial charge on any atom is -0.481 e. The monoisotopic (exact) mass is 171 g/mol. The van der Waals surface area contributed by atoms with Crippen LogP contribution in [-0.4, -0.2) is 28.2 Å². The van der Waals surface area contributed by atoms with Gasteiger partial charge in [0.15, 0.2) is 0 Å². The molecule has 12 heavy (non-hydrogen) atoms. The van der Waals surface area contributed by atoms with Crippen LogP contribution in [0.15, 0.2) is 11.8 Å². The maximum atomic E-state index is 10.4. The van der Waals surface area contributed by atoms with Crippen molar-refractivity contribution in [1.82, 2.24) is 5.32 Å². The highest BCUT2D eigenvalue weighted by Gasteiger charge is 2.22. The Hall–Kier alpha value is -1.52. The minimum atomic E-state index is -0.959. The molecule has 0 aromatic rings. The summed E-state index contributed by atoms with van der Waals surface area (Å²) in [5, 5.41) is 19.5. The number of carbonyl (C=O) groups is 2. The van der Waals surface area contributed by atoms with Crippen LogP contribution in [0, 0.1) is 0 Å². The Bertz CT molecular complexity index is 246. The van der Waals surface area contributed by atoms with E-state index in [0.717, 1.165) is 0 Å². The first kappa shape index (κ1) is 8.58. The van der Waals surface area contributed by atoms with Gasteiger partial charge in [0.25, 0.3) is 0 Å². The summed E-state index contributed by atoms with van der Waals surface area (Å²) >= 11 is 0. The summed E-state index contributed by atoms with van der Waals surface area (Å²) in [5.41, 5.74) is 0.481. The lowest BCUT2D eigenvalue weighted by Gasteiger charge is -2.06. The van der Waals surface area contributed by atoms with Crippen LogP contribution in [0.1, 0.15) is 12.8 Å². The maximum Gasteiger partial charge on any atom is 0.326 e. The van der Waals surface area contributed by atoms with E-state index in [1.165, 1.54) is 0 Å². The van der Waals surface area contributed by atoms with Crippen LogP contribution in [-0.2, 0) is 9.59 Å². The first-order valence-electron chi connectivity index (χ1n) is 3.50. The fourth-order valence-electron chi connectivity index (χ4n) is 1.05. The Morgan fingerprint density at radius 1 is 1.58 bits per heavy atom. The summed E-state index contributed by atoms with van der Waals surface area (Å²) in [5.74, 6) is -1.91. The zero-order valence-corrected chi connectivity index (χ0v) is 6.28. The zero-order valence-electron chi connectivity index (χ0n) is 6.28. The van der Waals surface area contributed by atoms with E-state index in [1.54, 1.807) is 6.08 Å². The average Bonchev–Trinajstić information content (AvgIpc) is 2.34. The maximum absolute atomic E-state index is 10.4. The fraction of sp³-hybridized carbons (Fsp3) is 0.429. The Balaban J connectivity index is 2.43. The van der Waals surface area contributed by atoms with Crippen LogP contribution < -0.4 is 5.32 Å². The topological polar surface area (TPSA) is 86.6 Å². The van der Waals surface area contributed by atoms with Gasteiger partial charge in [-0.15, -0.1) is 0 Å². The minimum absolute atomic E-state index is 0.135. The van der Waals surface area contributed by atoms with Crippen molar-refractivity contribution in [3.05, 3.63) is 11.8 Å². The van der Waals surface area contributed by atoms with Crippen LogP contribution in [0.2, 0.25) is 0 Å². The van der Waals surface area contributed by atoms with Gasteiger partial charge < -0.3 is 15.5 Å². The summed E-state index contributed by atoms with van der Waals surface area (Å²) < 4.78 is 0. The number of aliphatic carboxylic acids is 2. The van der Waals surface area contributed by atoms with Gasteiger partial charge in [0.05, 0.1) is 6.42 Å². The highest BCUT2D eigenvalue weighted by Crippen LogP contribution is 2.11. The van der Waals surface area contributed by atoms with Crippen molar-refractivity contribution in [2.45, 2.75) is 18.9 Å². The van der Waals surface area contributed by atoms with Gasteiger partial charge in [0, 0.05) is 5.70 Å². The van der Waals surface area contributed by atoms with Crippen LogP contribution in [0.5, 0.6) is 0 Å². The molecule has 0 fully saturated rings. The summed E-state index contributed by atoms with van der Waals surface area (Å²) in [6.45, 7) is 0. The molecule has 0 amide bonds. The summed E-state index contributed by atoms with van der Waals surface area (Å²) in [7, 11) is 0. The molecular weight excluding hydrogens is 162 g/mol. The van der Waals surface area contributed by atoms with Crippen LogP contribution in [0.4, 0.5) is 0 Å². The lowest BCUT2D eigenvalue weighted by atomic mass is 10.2. The predicted octanol–water partition coefficient (Wildman–Crippen LogP) is -0.208. The molecule has 0 aliphatic carbocycles. The Morgan fingerprint density at radius 2 is 2.25 bits per heavy atom. The van der Waals surface area contributed by atoms with E-state index in [2.05, 4.69) is 5.32 Å². The number of hydrogen-bond acceptors (Lipinski definition) is 3. The Kier molecular flexibility index (Phi) is 2.32. The standard InChI is InChI=1S/C7H9NO4/c9-6(10)3-4-1-2-5(8-4)7(11)12/h1,5,8H,2-3H2,(H,9,10)(H,11,12). The first-order chi connectivity index (χ1) is 5.59. The van der Waals surface area contributed by atoms with Gasteiger partial charge in [-0.25, -0.2) is 4.79 Å². The fourth-order valence-corrected chi connectivity index (χ4v) is 1.05. The van der Waals surface area contributed by atoms with Gasteiger partial charge in [0.1, 0.15) is 6.04 Å². The average molecular weight is 171 g/mol. The molecule has 3 N–H and O–H groups in total. The van der Waals surface area contributed by atoms with E-state index < -0.39 is 18.0 Å². The van der Waals surface area contributed by atoms with Crippen LogP contribution >= 0.6 is 0 Å². The number of carboxylic acids is 2. The van der Waals surface area contributed by atoms with Gasteiger partial charge >= 0.3 is 11.9 Å². The second-order valence-corrected chi connectivity index (χ2v) is 2.57. The van der Waals surface area contributed by atoms with Gasteiger partial charge in [-0.05, 0) is 6.42 Å². The van der Waals surface area contributed by atoms with E-state index >= 15 is 0 Å². The third-order valence-electron chi connectivity index (χ3n) is 1.60. The molecule has 0 radical (unpaired) electrons. The van der Waals surface area contributed by atoms with Crippen molar-refractivity contribution in [2.24, 2.45) is 0 Å². The van der Waals surface area contributed by atoms with Gasteiger partial charge in [0.2, 0.25) is 0 Å². The highest BCUT2D eigenvalue weighted by atomic mass is 16.4. The van der Waals surface area contributed by atoms with E-state index in [4.69, 9.17) is 10.2 Å². The van der Waals surface area contributed by atoms with Crippen molar-refractivity contribution < 1.29 is 19.8 Å². The molecule has 5 nitrogen and oxygen atoms in total. The van der Waals surface area contributed by atoms with Gasteiger partial charge in [-0.3, -0.25) is 4.79 Å². The molecule has 1 aliphatic rings. The number of hydrogen-bond donors (Lipinski definition) is 3. The smallest absolute Gasteiger partial charge is 0.326 e. The van der Waals surface area contributed by atoms with Crippen LogP contribution in [0.3, 0.4) is 0 Å². The third kappa shape index (κ3) is 1.98. The van der Waals surface area contributed by atoms with Crippen molar-refractivity contribution in [3.8, 4) is 0 Å². The van der Waals surface area contributed by atoms with Gasteiger partial charge in [-0.2, -0.15) is 0 Å².